The molecule has 0 amide bonds. The smallest absolute Gasteiger partial charge is 0.136 e. The average Bonchev–Trinajstić information content (AvgIpc) is 2.13. The zero-order valence-corrected chi connectivity index (χ0v) is 8.87. The van der Waals surface area contributed by atoms with E-state index in [1.807, 2.05) is 0 Å². The second-order valence-electron chi connectivity index (χ2n) is 2.69. The van der Waals surface area contributed by atoms with Gasteiger partial charge in [-0.25, -0.2) is 4.72 Å². The fourth-order valence-electron chi connectivity index (χ4n) is 0.734. The van der Waals surface area contributed by atoms with Gasteiger partial charge in [0.05, 0.1) is 12.7 Å². The van der Waals surface area contributed by atoms with Gasteiger partial charge in [-0.15, -0.1) is 0 Å². The summed E-state index contributed by atoms with van der Waals surface area (Å²) in [5.41, 5.74) is 0. The Bertz CT molecular complexity index is 150. The van der Waals surface area contributed by atoms with Gasteiger partial charge in [-0.2, -0.15) is 4.91 Å². The Labute approximate surface area is 87.1 Å². The Morgan fingerprint density at radius 2 is 2.29 bits per heavy atom. The molecule has 0 spiro atoms. The third-order valence-electron chi connectivity index (χ3n) is 1.38. The minimum atomic E-state index is -0.919. The van der Waals surface area contributed by atoms with Gasteiger partial charge in [0.25, 0.3) is 0 Å². The first kappa shape index (κ1) is 13.8. The molecule has 0 aliphatic carbocycles. The van der Waals surface area contributed by atoms with Crippen molar-refractivity contribution in [2.75, 3.05) is 26.0 Å². The van der Waals surface area contributed by atoms with Crippen molar-refractivity contribution in [3.63, 3.8) is 0 Å². The highest BCUT2D eigenvalue weighted by Crippen LogP contribution is 2.02. The molecule has 0 aliphatic heterocycles. The largest absolute Gasteiger partial charge is 0.391 e. The number of aliphatic hydroxyl groups is 2. The predicted molar refractivity (Wildman–Crippen MR) is 54.8 cm³/mol. The van der Waals surface area contributed by atoms with Crippen LogP contribution in [-0.2, 0) is 4.74 Å². The SMILES string of the molecule is COCC(O)CCSNC(O)CN=O. The van der Waals surface area contributed by atoms with Gasteiger partial charge in [0, 0.05) is 12.9 Å². The number of nitroso groups, excluding NO2 is 1. The topological polar surface area (TPSA) is 91.2 Å². The van der Waals surface area contributed by atoms with Gasteiger partial charge in [0.15, 0.2) is 0 Å². The molecule has 7 heteroatoms. The highest BCUT2D eigenvalue weighted by Gasteiger charge is 2.05. The molecule has 14 heavy (non-hydrogen) atoms. The zero-order valence-electron chi connectivity index (χ0n) is 8.05. The summed E-state index contributed by atoms with van der Waals surface area (Å²) in [5.74, 6) is 0.625. The molecule has 2 unspecified atom stereocenters. The first-order valence-corrected chi connectivity index (χ1v) is 5.20. The number of methoxy groups -OCH3 is 1. The number of rotatable bonds is 9. The number of aliphatic hydroxyl groups excluding tert-OH is 2. The maximum absolute atomic E-state index is 9.73. The van der Waals surface area contributed by atoms with Gasteiger partial charge in [0.2, 0.25) is 0 Å². The molecule has 2 atom stereocenters. The minimum absolute atomic E-state index is 0.173. The summed E-state index contributed by atoms with van der Waals surface area (Å²) in [4.78, 5) is 9.73. The molecule has 0 aromatic heterocycles. The molecule has 0 rings (SSSR count). The van der Waals surface area contributed by atoms with Crippen molar-refractivity contribution in [3.05, 3.63) is 4.91 Å². The molecule has 6 nitrogen and oxygen atoms in total. The summed E-state index contributed by atoms with van der Waals surface area (Å²) < 4.78 is 7.34. The Morgan fingerprint density at radius 1 is 1.57 bits per heavy atom. The van der Waals surface area contributed by atoms with Crippen LogP contribution in [0, 0.1) is 4.91 Å². The lowest BCUT2D eigenvalue weighted by molar-refractivity contribution is 0.0631. The molecular formula is C7H16N2O4S. The normalized spacial score (nSPS) is 15.1. The van der Waals surface area contributed by atoms with Gasteiger partial charge in [-0.3, -0.25) is 0 Å². The van der Waals surface area contributed by atoms with Gasteiger partial charge in [-0.05, 0) is 6.42 Å². The average molecular weight is 224 g/mol. The first-order valence-electron chi connectivity index (χ1n) is 4.22. The van der Waals surface area contributed by atoms with Crippen LogP contribution in [0.1, 0.15) is 6.42 Å². The van der Waals surface area contributed by atoms with E-state index in [2.05, 4.69) is 9.90 Å². The summed E-state index contributed by atoms with van der Waals surface area (Å²) in [6.45, 7) is 0.132. The summed E-state index contributed by atoms with van der Waals surface area (Å²) in [5, 5.41) is 20.8. The maximum atomic E-state index is 9.73. The van der Waals surface area contributed by atoms with E-state index in [1.165, 1.54) is 19.1 Å². The maximum Gasteiger partial charge on any atom is 0.136 e. The first-order chi connectivity index (χ1) is 6.70. The number of hydrogen-bond acceptors (Lipinski definition) is 7. The van der Waals surface area contributed by atoms with Crippen LogP contribution in [0.15, 0.2) is 5.18 Å². The molecule has 0 aromatic rings. The van der Waals surface area contributed by atoms with Crippen LogP contribution < -0.4 is 4.72 Å². The molecule has 84 valence electrons. The van der Waals surface area contributed by atoms with Crippen molar-refractivity contribution in [2.45, 2.75) is 18.8 Å². The standard InChI is InChI=1S/C7H16N2O4S/c1-13-5-6(10)2-3-14-9-7(11)4-8-12/h6-7,9-11H,2-5H2,1H3. The van der Waals surface area contributed by atoms with Crippen molar-refractivity contribution in [1.29, 1.82) is 0 Å². The van der Waals surface area contributed by atoms with E-state index in [-0.39, 0.29) is 6.54 Å². The molecule has 3 N–H and O–H groups in total. The van der Waals surface area contributed by atoms with Crippen LogP contribution in [0.3, 0.4) is 0 Å². The Kier molecular flexibility index (Phi) is 9.21. The van der Waals surface area contributed by atoms with Crippen molar-refractivity contribution >= 4 is 11.9 Å². The second-order valence-corrected chi connectivity index (χ2v) is 3.62. The van der Waals surface area contributed by atoms with Gasteiger partial charge >= 0.3 is 0 Å². The molecule has 0 saturated carbocycles. The lowest BCUT2D eigenvalue weighted by Gasteiger charge is -2.10. The summed E-state index contributed by atoms with van der Waals surface area (Å²) in [6, 6.07) is 0. The Morgan fingerprint density at radius 3 is 2.86 bits per heavy atom. The van der Waals surface area contributed by atoms with E-state index in [1.54, 1.807) is 0 Å². The molecule has 0 saturated heterocycles. The second kappa shape index (κ2) is 9.35. The number of nitrogens with zero attached hydrogens (tertiary/aromatic N) is 1. The van der Waals surface area contributed by atoms with Crippen LogP contribution in [0.5, 0.6) is 0 Å². The van der Waals surface area contributed by atoms with Gasteiger partial charge < -0.3 is 14.9 Å². The van der Waals surface area contributed by atoms with Crippen LogP contribution >= 0.6 is 11.9 Å². The number of nitrogens with one attached hydrogen (secondary N) is 1. The summed E-state index contributed by atoms with van der Waals surface area (Å²) in [7, 11) is 1.52. The van der Waals surface area contributed by atoms with Crippen LogP contribution in [0.25, 0.3) is 0 Å². The van der Waals surface area contributed by atoms with Crippen molar-refractivity contribution in [1.82, 2.24) is 4.72 Å². The van der Waals surface area contributed by atoms with Gasteiger partial charge in [0.1, 0.15) is 12.8 Å². The van der Waals surface area contributed by atoms with E-state index >= 15 is 0 Å². The quantitative estimate of drug-likeness (QED) is 0.216. The fourth-order valence-corrected chi connectivity index (χ4v) is 1.51. The van der Waals surface area contributed by atoms with E-state index in [4.69, 9.17) is 9.84 Å². The van der Waals surface area contributed by atoms with Crippen LogP contribution in [-0.4, -0.2) is 48.6 Å². The zero-order chi connectivity index (χ0) is 10.8. The highest BCUT2D eigenvalue weighted by atomic mass is 32.2. The van der Waals surface area contributed by atoms with Crippen LogP contribution in [0.4, 0.5) is 0 Å². The molecule has 0 aliphatic rings. The molecular weight excluding hydrogens is 208 g/mol. The molecule has 0 bridgehead atoms. The third-order valence-corrected chi connectivity index (χ3v) is 2.26. The predicted octanol–water partition coefficient (Wildman–Crippen LogP) is -0.294. The monoisotopic (exact) mass is 224 g/mol. The Hall–Kier alpha value is -0.210. The van der Waals surface area contributed by atoms with Gasteiger partial charge in [-0.1, -0.05) is 17.1 Å². The van der Waals surface area contributed by atoms with Crippen molar-refractivity contribution in [3.8, 4) is 0 Å². The highest BCUT2D eigenvalue weighted by molar-refractivity contribution is 7.97. The van der Waals surface area contributed by atoms with Crippen LogP contribution in [0.2, 0.25) is 0 Å². The molecule has 0 aromatic carbocycles. The molecule has 0 fully saturated rings. The lowest BCUT2D eigenvalue weighted by atomic mass is 10.3. The minimum Gasteiger partial charge on any atom is -0.391 e. The number of ether oxygens (including phenoxy) is 1. The van der Waals surface area contributed by atoms with E-state index < -0.39 is 12.3 Å². The van der Waals surface area contributed by atoms with E-state index in [0.717, 1.165) is 0 Å². The lowest BCUT2D eigenvalue weighted by Crippen LogP contribution is -2.26. The number of hydrogen-bond donors (Lipinski definition) is 3. The summed E-state index contributed by atoms with van der Waals surface area (Å²) in [6.07, 6.45) is -0.847. The van der Waals surface area contributed by atoms with E-state index in [0.29, 0.717) is 18.8 Å². The Balaban J connectivity index is 3.23. The van der Waals surface area contributed by atoms with Crippen molar-refractivity contribution in [2.24, 2.45) is 5.18 Å². The van der Waals surface area contributed by atoms with E-state index in [9.17, 15) is 10.0 Å². The summed E-state index contributed by atoms with van der Waals surface area (Å²) >= 11 is 1.24. The fraction of sp³-hybridized carbons (Fsp3) is 1.00. The third kappa shape index (κ3) is 8.39. The van der Waals surface area contributed by atoms with Crippen molar-refractivity contribution < 1.29 is 14.9 Å². The molecule has 0 radical (unpaired) electrons. The molecule has 0 heterocycles.